The summed E-state index contributed by atoms with van der Waals surface area (Å²) in [7, 11) is 1.61. The SMILES string of the molecule is CCCC(NC(=O)Nc1ncnn1C)C(=O)O. The number of nitrogens with zero attached hydrogens (tertiary/aromatic N) is 3. The van der Waals surface area contributed by atoms with Crippen molar-refractivity contribution < 1.29 is 14.7 Å². The van der Waals surface area contributed by atoms with Crippen LogP contribution in [0.25, 0.3) is 0 Å². The van der Waals surface area contributed by atoms with Gasteiger partial charge < -0.3 is 10.4 Å². The third kappa shape index (κ3) is 3.74. The van der Waals surface area contributed by atoms with E-state index in [0.29, 0.717) is 12.8 Å². The molecule has 0 aliphatic heterocycles. The van der Waals surface area contributed by atoms with Gasteiger partial charge in [0.05, 0.1) is 0 Å². The Morgan fingerprint density at radius 3 is 2.76 bits per heavy atom. The van der Waals surface area contributed by atoms with Crippen LogP contribution in [0.15, 0.2) is 6.33 Å². The van der Waals surface area contributed by atoms with Gasteiger partial charge in [0.25, 0.3) is 0 Å². The first kappa shape index (κ1) is 12.9. The first-order valence-corrected chi connectivity index (χ1v) is 5.19. The number of carboxylic acids is 1. The zero-order chi connectivity index (χ0) is 12.8. The Hall–Kier alpha value is -2.12. The number of carbonyl (C=O) groups is 2. The number of nitrogens with one attached hydrogen (secondary N) is 2. The van der Waals surface area contributed by atoms with E-state index in [-0.39, 0.29) is 5.95 Å². The van der Waals surface area contributed by atoms with Crippen LogP contribution in [0.3, 0.4) is 0 Å². The Kier molecular flexibility index (Phi) is 4.44. The average Bonchev–Trinajstić information content (AvgIpc) is 2.63. The lowest BCUT2D eigenvalue weighted by Crippen LogP contribution is -2.43. The van der Waals surface area contributed by atoms with E-state index in [1.807, 2.05) is 6.92 Å². The molecule has 8 nitrogen and oxygen atoms in total. The minimum absolute atomic E-state index is 0.253. The van der Waals surface area contributed by atoms with E-state index < -0.39 is 18.0 Å². The predicted molar refractivity (Wildman–Crippen MR) is 59.5 cm³/mol. The summed E-state index contributed by atoms with van der Waals surface area (Å²) in [5.74, 6) is -0.803. The van der Waals surface area contributed by atoms with Crippen molar-refractivity contribution in [1.82, 2.24) is 20.1 Å². The van der Waals surface area contributed by atoms with Crippen LogP contribution >= 0.6 is 0 Å². The normalized spacial score (nSPS) is 11.9. The molecule has 17 heavy (non-hydrogen) atoms. The molecule has 0 fully saturated rings. The van der Waals surface area contributed by atoms with Crippen molar-refractivity contribution in [3.63, 3.8) is 0 Å². The summed E-state index contributed by atoms with van der Waals surface area (Å²) in [6.07, 6.45) is 2.33. The van der Waals surface area contributed by atoms with Crippen molar-refractivity contribution in [2.24, 2.45) is 7.05 Å². The van der Waals surface area contributed by atoms with E-state index in [2.05, 4.69) is 20.7 Å². The van der Waals surface area contributed by atoms with Gasteiger partial charge in [0, 0.05) is 7.05 Å². The molecule has 1 aromatic heterocycles. The van der Waals surface area contributed by atoms with Gasteiger partial charge in [-0.1, -0.05) is 13.3 Å². The Morgan fingerprint density at radius 2 is 2.29 bits per heavy atom. The lowest BCUT2D eigenvalue weighted by atomic mass is 10.2. The van der Waals surface area contributed by atoms with Gasteiger partial charge in [-0.2, -0.15) is 10.1 Å². The molecule has 0 radical (unpaired) electrons. The van der Waals surface area contributed by atoms with Gasteiger partial charge in [0.1, 0.15) is 12.4 Å². The highest BCUT2D eigenvalue weighted by atomic mass is 16.4. The molecule has 0 aromatic carbocycles. The number of aryl methyl sites for hydroxylation is 1. The number of carbonyl (C=O) groups excluding carboxylic acids is 1. The summed E-state index contributed by atoms with van der Waals surface area (Å²) >= 11 is 0. The molecule has 0 spiro atoms. The average molecular weight is 241 g/mol. The monoisotopic (exact) mass is 241 g/mol. The number of aromatic nitrogens is 3. The third-order valence-corrected chi connectivity index (χ3v) is 2.12. The van der Waals surface area contributed by atoms with E-state index in [1.165, 1.54) is 11.0 Å². The van der Waals surface area contributed by atoms with Gasteiger partial charge in [-0.3, -0.25) is 5.32 Å². The fourth-order valence-electron chi connectivity index (χ4n) is 1.25. The molecule has 0 saturated heterocycles. The molecule has 94 valence electrons. The highest BCUT2D eigenvalue weighted by Gasteiger charge is 2.19. The van der Waals surface area contributed by atoms with E-state index in [4.69, 9.17) is 5.11 Å². The van der Waals surface area contributed by atoms with Gasteiger partial charge in [0.2, 0.25) is 5.95 Å². The quantitative estimate of drug-likeness (QED) is 0.681. The number of anilines is 1. The fraction of sp³-hybridized carbons (Fsp3) is 0.556. The first-order chi connectivity index (χ1) is 8.04. The highest BCUT2D eigenvalue weighted by molar-refractivity contribution is 5.90. The molecule has 8 heteroatoms. The minimum atomic E-state index is -1.06. The van der Waals surface area contributed by atoms with Gasteiger partial charge in [-0.05, 0) is 6.42 Å². The summed E-state index contributed by atoms with van der Waals surface area (Å²) in [6, 6.07) is -1.50. The summed E-state index contributed by atoms with van der Waals surface area (Å²) in [6.45, 7) is 1.85. The molecular formula is C9H15N5O3. The van der Waals surface area contributed by atoms with Gasteiger partial charge in [0.15, 0.2) is 0 Å². The molecule has 0 saturated carbocycles. The Balaban J connectivity index is 2.53. The van der Waals surface area contributed by atoms with Crippen molar-refractivity contribution in [3.8, 4) is 0 Å². The lowest BCUT2D eigenvalue weighted by molar-refractivity contribution is -0.139. The third-order valence-electron chi connectivity index (χ3n) is 2.12. The summed E-state index contributed by atoms with van der Waals surface area (Å²) in [5.41, 5.74) is 0. The van der Waals surface area contributed by atoms with E-state index >= 15 is 0 Å². The number of amides is 2. The number of carboxylic acid groups (broad SMARTS) is 1. The van der Waals surface area contributed by atoms with Crippen LogP contribution in [0.1, 0.15) is 19.8 Å². The molecule has 0 aliphatic carbocycles. The smallest absolute Gasteiger partial charge is 0.326 e. The number of rotatable bonds is 5. The van der Waals surface area contributed by atoms with Crippen LogP contribution in [0.4, 0.5) is 10.7 Å². The molecule has 1 atom stereocenters. The Morgan fingerprint density at radius 1 is 1.59 bits per heavy atom. The predicted octanol–water partition coefficient (Wildman–Crippen LogP) is 0.190. The summed E-state index contributed by atoms with van der Waals surface area (Å²) in [5, 5.41) is 17.4. The number of urea groups is 1. The van der Waals surface area contributed by atoms with Crippen molar-refractivity contribution in [3.05, 3.63) is 6.33 Å². The summed E-state index contributed by atoms with van der Waals surface area (Å²) in [4.78, 5) is 26.1. The molecule has 2 amide bonds. The molecule has 0 aliphatic rings. The van der Waals surface area contributed by atoms with E-state index in [9.17, 15) is 9.59 Å². The molecule has 1 rings (SSSR count). The maximum Gasteiger partial charge on any atom is 0.326 e. The largest absolute Gasteiger partial charge is 0.480 e. The number of hydrogen-bond acceptors (Lipinski definition) is 4. The highest BCUT2D eigenvalue weighted by Crippen LogP contribution is 2.00. The van der Waals surface area contributed by atoms with Crippen molar-refractivity contribution in [2.45, 2.75) is 25.8 Å². The Labute approximate surface area is 98.0 Å². The zero-order valence-corrected chi connectivity index (χ0v) is 9.67. The standard InChI is InChI=1S/C9H15N5O3/c1-3-4-6(7(15)16)12-9(17)13-8-10-5-11-14(8)2/h5-6H,3-4H2,1-2H3,(H,15,16)(H2,10,11,12,13,17). The van der Waals surface area contributed by atoms with Crippen LogP contribution in [0.2, 0.25) is 0 Å². The van der Waals surface area contributed by atoms with Crippen LogP contribution in [0.5, 0.6) is 0 Å². The van der Waals surface area contributed by atoms with Gasteiger partial charge >= 0.3 is 12.0 Å². The van der Waals surface area contributed by atoms with E-state index in [1.54, 1.807) is 7.05 Å². The number of aliphatic carboxylic acids is 1. The van der Waals surface area contributed by atoms with Crippen molar-refractivity contribution >= 4 is 17.9 Å². The van der Waals surface area contributed by atoms with Crippen LogP contribution < -0.4 is 10.6 Å². The second kappa shape index (κ2) is 5.83. The zero-order valence-electron chi connectivity index (χ0n) is 9.67. The van der Waals surface area contributed by atoms with Crippen LogP contribution in [-0.4, -0.2) is 37.9 Å². The molecular weight excluding hydrogens is 226 g/mol. The number of hydrogen-bond donors (Lipinski definition) is 3. The van der Waals surface area contributed by atoms with Gasteiger partial charge in [-0.15, -0.1) is 0 Å². The summed E-state index contributed by atoms with van der Waals surface area (Å²) < 4.78 is 1.37. The maximum absolute atomic E-state index is 11.5. The van der Waals surface area contributed by atoms with Crippen LogP contribution in [-0.2, 0) is 11.8 Å². The second-order valence-electron chi connectivity index (χ2n) is 3.49. The lowest BCUT2D eigenvalue weighted by Gasteiger charge is -2.13. The van der Waals surface area contributed by atoms with Crippen molar-refractivity contribution in [2.75, 3.05) is 5.32 Å². The minimum Gasteiger partial charge on any atom is -0.480 e. The molecule has 0 bridgehead atoms. The van der Waals surface area contributed by atoms with Crippen molar-refractivity contribution in [1.29, 1.82) is 0 Å². The molecule has 1 unspecified atom stereocenters. The molecule has 3 N–H and O–H groups in total. The molecule has 1 aromatic rings. The van der Waals surface area contributed by atoms with E-state index in [0.717, 1.165) is 0 Å². The fourth-order valence-corrected chi connectivity index (χ4v) is 1.25. The molecule has 1 heterocycles. The first-order valence-electron chi connectivity index (χ1n) is 5.19. The Bertz CT molecular complexity index is 403. The maximum atomic E-state index is 11.5. The second-order valence-corrected chi connectivity index (χ2v) is 3.49. The topological polar surface area (TPSA) is 109 Å². The van der Waals surface area contributed by atoms with Crippen LogP contribution in [0, 0.1) is 0 Å². The van der Waals surface area contributed by atoms with Gasteiger partial charge in [-0.25, -0.2) is 14.3 Å².